The van der Waals surface area contributed by atoms with Crippen LogP contribution < -0.4 is 19.7 Å². The fourth-order valence-corrected chi connectivity index (χ4v) is 3.75. The molecule has 10 heteroatoms. The molecule has 0 radical (unpaired) electrons. The molecule has 1 N–H and O–H groups in total. The summed E-state index contributed by atoms with van der Waals surface area (Å²) >= 11 is 1.22. The lowest BCUT2D eigenvalue weighted by atomic mass is 10.1. The number of carbonyl (C=O) groups excluding carboxylic acids is 1. The standard InChI is InChI=1S/C19H20N6O3S/c1-27-14-5-2-4-13(10-14)11-17(26)21-18-23-24-19(29-18)28-15-7-9-25(12-15)16-6-3-8-20-22-16/h2-6,8,10,15H,7,9,11-12H2,1H3,(H,21,23,26). The summed E-state index contributed by atoms with van der Waals surface area (Å²) in [5, 5.41) is 19.7. The van der Waals surface area contributed by atoms with E-state index in [4.69, 9.17) is 9.47 Å². The van der Waals surface area contributed by atoms with Crippen molar-refractivity contribution in [3.05, 3.63) is 48.2 Å². The Labute approximate surface area is 171 Å². The zero-order valence-electron chi connectivity index (χ0n) is 15.8. The predicted molar refractivity (Wildman–Crippen MR) is 109 cm³/mol. The molecule has 1 saturated heterocycles. The van der Waals surface area contributed by atoms with Gasteiger partial charge in [0.2, 0.25) is 11.0 Å². The van der Waals surface area contributed by atoms with Gasteiger partial charge in [0, 0.05) is 19.2 Å². The lowest BCUT2D eigenvalue weighted by molar-refractivity contribution is -0.115. The zero-order valence-corrected chi connectivity index (χ0v) is 16.6. The smallest absolute Gasteiger partial charge is 0.296 e. The Morgan fingerprint density at radius 2 is 2.21 bits per heavy atom. The molecular weight excluding hydrogens is 392 g/mol. The van der Waals surface area contributed by atoms with Crippen molar-refractivity contribution in [2.45, 2.75) is 18.9 Å². The van der Waals surface area contributed by atoms with E-state index in [0.717, 1.165) is 24.3 Å². The van der Waals surface area contributed by atoms with Crippen molar-refractivity contribution in [3.8, 4) is 10.9 Å². The normalized spacial score (nSPS) is 15.9. The van der Waals surface area contributed by atoms with Gasteiger partial charge in [0.1, 0.15) is 11.9 Å². The van der Waals surface area contributed by atoms with Crippen LogP contribution in [0.2, 0.25) is 0 Å². The van der Waals surface area contributed by atoms with Gasteiger partial charge in [-0.3, -0.25) is 4.79 Å². The maximum absolute atomic E-state index is 12.3. The Morgan fingerprint density at radius 1 is 1.28 bits per heavy atom. The molecule has 1 aromatic carbocycles. The molecule has 4 rings (SSSR count). The number of rotatable bonds is 7. The summed E-state index contributed by atoms with van der Waals surface area (Å²) in [5.74, 6) is 1.38. The van der Waals surface area contributed by atoms with E-state index in [-0.39, 0.29) is 18.4 Å². The van der Waals surface area contributed by atoms with Gasteiger partial charge in [-0.2, -0.15) is 5.10 Å². The van der Waals surface area contributed by atoms with E-state index in [1.165, 1.54) is 11.3 Å². The van der Waals surface area contributed by atoms with Crippen LogP contribution in [0, 0.1) is 0 Å². The molecule has 1 aliphatic rings. The van der Waals surface area contributed by atoms with Crippen molar-refractivity contribution in [3.63, 3.8) is 0 Å². The molecular formula is C19H20N6O3S. The van der Waals surface area contributed by atoms with E-state index in [0.29, 0.717) is 22.6 Å². The van der Waals surface area contributed by atoms with Crippen LogP contribution >= 0.6 is 11.3 Å². The number of amides is 1. The van der Waals surface area contributed by atoms with Gasteiger partial charge in [-0.1, -0.05) is 17.2 Å². The zero-order chi connectivity index (χ0) is 20.1. The topological polar surface area (TPSA) is 102 Å². The van der Waals surface area contributed by atoms with Crippen LogP contribution in [0.4, 0.5) is 10.9 Å². The van der Waals surface area contributed by atoms with Crippen LogP contribution in [-0.2, 0) is 11.2 Å². The Kier molecular flexibility index (Phi) is 5.80. The molecule has 3 heterocycles. The molecule has 0 saturated carbocycles. The van der Waals surface area contributed by atoms with Crippen molar-refractivity contribution in [2.75, 3.05) is 30.4 Å². The molecule has 1 atom stereocenters. The van der Waals surface area contributed by atoms with Crippen LogP contribution in [0.25, 0.3) is 0 Å². The van der Waals surface area contributed by atoms with Gasteiger partial charge in [0.15, 0.2) is 5.82 Å². The first-order valence-electron chi connectivity index (χ1n) is 9.15. The number of carbonyl (C=O) groups is 1. The summed E-state index contributed by atoms with van der Waals surface area (Å²) in [6, 6.07) is 11.2. The SMILES string of the molecule is COc1cccc(CC(=O)Nc2nnc(OC3CCN(c4cccnn4)C3)s2)c1. The Hall–Kier alpha value is -3.27. The first kappa shape index (κ1) is 19.1. The summed E-state index contributed by atoms with van der Waals surface area (Å²) in [5.41, 5.74) is 0.859. The van der Waals surface area contributed by atoms with E-state index in [1.807, 2.05) is 36.4 Å². The number of ether oxygens (including phenoxy) is 2. The highest BCUT2D eigenvalue weighted by molar-refractivity contribution is 7.17. The number of methoxy groups -OCH3 is 1. The number of hydrogen-bond acceptors (Lipinski definition) is 9. The second kappa shape index (κ2) is 8.82. The number of hydrogen-bond donors (Lipinski definition) is 1. The lowest BCUT2D eigenvalue weighted by Gasteiger charge is -2.16. The molecule has 3 aromatic rings. The van der Waals surface area contributed by atoms with Gasteiger partial charge in [0.25, 0.3) is 5.19 Å². The highest BCUT2D eigenvalue weighted by atomic mass is 32.1. The third kappa shape index (κ3) is 4.96. The predicted octanol–water partition coefficient (Wildman–Crippen LogP) is 2.18. The largest absolute Gasteiger partial charge is 0.497 e. The van der Waals surface area contributed by atoms with Crippen molar-refractivity contribution >= 4 is 28.2 Å². The van der Waals surface area contributed by atoms with Gasteiger partial charge < -0.3 is 19.7 Å². The van der Waals surface area contributed by atoms with Crippen molar-refractivity contribution in [2.24, 2.45) is 0 Å². The summed E-state index contributed by atoms with van der Waals surface area (Å²) in [7, 11) is 1.60. The number of benzene rings is 1. The molecule has 0 spiro atoms. The first-order valence-corrected chi connectivity index (χ1v) is 9.97. The second-order valence-electron chi connectivity index (χ2n) is 6.51. The number of aromatic nitrogens is 4. The van der Waals surface area contributed by atoms with Crippen LogP contribution in [0.15, 0.2) is 42.6 Å². The average Bonchev–Trinajstić information content (AvgIpc) is 3.38. The average molecular weight is 412 g/mol. The molecule has 29 heavy (non-hydrogen) atoms. The highest BCUT2D eigenvalue weighted by Gasteiger charge is 2.26. The Morgan fingerprint density at radius 3 is 3.03 bits per heavy atom. The fraction of sp³-hybridized carbons (Fsp3) is 0.316. The summed E-state index contributed by atoms with van der Waals surface area (Å²) in [4.78, 5) is 14.4. The van der Waals surface area contributed by atoms with Crippen LogP contribution in [0.3, 0.4) is 0 Å². The lowest BCUT2D eigenvalue weighted by Crippen LogP contribution is -2.25. The fourth-order valence-electron chi connectivity index (χ4n) is 3.08. The third-order valence-corrected chi connectivity index (χ3v) is 5.18. The molecule has 1 unspecified atom stereocenters. The molecule has 1 amide bonds. The molecule has 9 nitrogen and oxygen atoms in total. The molecule has 150 valence electrons. The van der Waals surface area contributed by atoms with Crippen molar-refractivity contribution in [1.82, 2.24) is 20.4 Å². The molecule has 2 aromatic heterocycles. The van der Waals surface area contributed by atoms with Gasteiger partial charge in [-0.15, -0.1) is 10.2 Å². The van der Waals surface area contributed by atoms with Gasteiger partial charge >= 0.3 is 0 Å². The number of nitrogens with one attached hydrogen (secondary N) is 1. The summed E-state index contributed by atoms with van der Waals surface area (Å²) in [6.07, 6.45) is 2.72. The molecule has 0 bridgehead atoms. The third-order valence-electron chi connectivity index (χ3n) is 4.45. The van der Waals surface area contributed by atoms with E-state index >= 15 is 0 Å². The Balaban J connectivity index is 1.29. The molecule has 1 aliphatic heterocycles. The van der Waals surface area contributed by atoms with Crippen molar-refractivity contribution < 1.29 is 14.3 Å². The van der Waals surface area contributed by atoms with Gasteiger partial charge in [0.05, 0.1) is 20.1 Å². The van der Waals surface area contributed by atoms with Crippen molar-refractivity contribution in [1.29, 1.82) is 0 Å². The van der Waals surface area contributed by atoms with E-state index in [9.17, 15) is 4.79 Å². The Bertz CT molecular complexity index is 967. The highest BCUT2D eigenvalue weighted by Crippen LogP contribution is 2.26. The van der Waals surface area contributed by atoms with Gasteiger partial charge in [-0.25, -0.2) is 0 Å². The number of nitrogens with zero attached hydrogens (tertiary/aromatic N) is 5. The number of anilines is 2. The van der Waals surface area contributed by atoms with Crippen LogP contribution in [0.1, 0.15) is 12.0 Å². The summed E-state index contributed by atoms with van der Waals surface area (Å²) in [6.45, 7) is 1.54. The minimum Gasteiger partial charge on any atom is -0.497 e. The second-order valence-corrected chi connectivity index (χ2v) is 7.45. The maximum atomic E-state index is 12.3. The molecule has 1 fully saturated rings. The minimum atomic E-state index is -0.171. The molecule has 0 aliphatic carbocycles. The first-order chi connectivity index (χ1) is 14.2. The van der Waals surface area contributed by atoms with Crippen LogP contribution in [-0.4, -0.2) is 52.6 Å². The summed E-state index contributed by atoms with van der Waals surface area (Å²) < 4.78 is 11.1. The van der Waals surface area contributed by atoms with Crippen LogP contribution in [0.5, 0.6) is 10.9 Å². The monoisotopic (exact) mass is 412 g/mol. The quantitative estimate of drug-likeness (QED) is 0.630. The van der Waals surface area contributed by atoms with Gasteiger partial charge in [-0.05, 0) is 41.2 Å². The van der Waals surface area contributed by atoms with E-state index < -0.39 is 0 Å². The maximum Gasteiger partial charge on any atom is 0.296 e. The van der Waals surface area contributed by atoms with E-state index in [1.54, 1.807) is 13.3 Å². The van der Waals surface area contributed by atoms with E-state index in [2.05, 4.69) is 30.6 Å². The minimum absolute atomic E-state index is 0.00899.